The van der Waals surface area contributed by atoms with Gasteiger partial charge in [0.05, 0.1) is 6.54 Å². The van der Waals surface area contributed by atoms with Crippen LogP contribution in [-0.2, 0) is 20.9 Å². The fraction of sp³-hybridized carbons (Fsp3) is 0.250. The zero-order valence-corrected chi connectivity index (χ0v) is 18.0. The van der Waals surface area contributed by atoms with Gasteiger partial charge in [-0.05, 0) is 35.3 Å². The Labute approximate surface area is 193 Å². The van der Waals surface area contributed by atoms with E-state index in [4.69, 9.17) is 0 Å². The normalized spacial score (nSPS) is 16.6. The minimum Gasteiger partial charge on any atom is -0.335 e. The molecule has 0 aliphatic carbocycles. The summed E-state index contributed by atoms with van der Waals surface area (Å²) in [5.74, 6) is -2.99. The van der Waals surface area contributed by atoms with Crippen molar-refractivity contribution in [3.63, 3.8) is 0 Å². The van der Waals surface area contributed by atoms with Gasteiger partial charge in [0.15, 0.2) is 0 Å². The first-order valence-electron chi connectivity index (χ1n) is 10.6. The van der Waals surface area contributed by atoms with Crippen molar-refractivity contribution in [2.24, 2.45) is 0 Å². The summed E-state index contributed by atoms with van der Waals surface area (Å²) in [4.78, 5) is 42.3. The van der Waals surface area contributed by atoms with Crippen molar-refractivity contribution in [2.75, 3.05) is 25.0 Å². The van der Waals surface area contributed by atoms with Crippen LogP contribution < -0.4 is 5.32 Å². The number of amides is 3. The number of nitrogens with zero attached hydrogens (tertiary/aromatic N) is 3. The summed E-state index contributed by atoms with van der Waals surface area (Å²) in [7, 11) is 0. The third kappa shape index (κ3) is 5.33. The van der Waals surface area contributed by atoms with E-state index in [1.165, 1.54) is 30.0 Å². The molecule has 7 nitrogen and oxygen atoms in total. The van der Waals surface area contributed by atoms with Crippen LogP contribution >= 0.6 is 0 Å². The maximum Gasteiger partial charge on any atom is 0.471 e. The van der Waals surface area contributed by atoms with E-state index < -0.39 is 31.1 Å². The van der Waals surface area contributed by atoms with Crippen LogP contribution in [0.2, 0.25) is 0 Å². The number of carbonyl (C=O) groups is 3. The molecule has 1 aromatic heterocycles. The predicted molar refractivity (Wildman–Crippen MR) is 119 cm³/mol. The van der Waals surface area contributed by atoms with Crippen molar-refractivity contribution < 1.29 is 27.6 Å². The molecule has 0 fully saturated rings. The molecule has 2 aromatic rings. The molecule has 2 aliphatic heterocycles. The minimum atomic E-state index is -5.09. The summed E-state index contributed by atoms with van der Waals surface area (Å²) < 4.78 is 38.6. The van der Waals surface area contributed by atoms with E-state index in [2.05, 4.69) is 10.3 Å². The lowest BCUT2D eigenvalue weighted by atomic mass is 9.99. The van der Waals surface area contributed by atoms with Gasteiger partial charge in [-0.3, -0.25) is 14.4 Å². The number of hydrogen-bond acceptors (Lipinski definition) is 4. The topological polar surface area (TPSA) is 82.6 Å². The van der Waals surface area contributed by atoms with Crippen LogP contribution in [-0.4, -0.2) is 58.3 Å². The van der Waals surface area contributed by atoms with Gasteiger partial charge < -0.3 is 15.1 Å². The Bertz CT molecular complexity index is 1180. The first-order valence-corrected chi connectivity index (χ1v) is 10.6. The molecule has 3 heterocycles. The second-order valence-electron chi connectivity index (χ2n) is 7.95. The predicted octanol–water partition coefficient (Wildman–Crippen LogP) is 3.25. The number of halogens is 3. The zero-order valence-electron chi connectivity index (χ0n) is 18.0. The molecular formula is C24H21F3N4O3. The third-order valence-corrected chi connectivity index (χ3v) is 5.55. The SMILES string of the molecule is O=C1CN(C(=O)C(F)(F)F)Cc2cc(/C=C/C(=O)N3CC=C(c4ccccc4)CC3)cnc2N1. The van der Waals surface area contributed by atoms with Crippen LogP contribution in [0.25, 0.3) is 11.6 Å². The van der Waals surface area contributed by atoms with Crippen molar-refractivity contribution in [2.45, 2.75) is 19.1 Å². The molecule has 0 saturated heterocycles. The molecule has 0 saturated carbocycles. The van der Waals surface area contributed by atoms with Gasteiger partial charge >= 0.3 is 12.1 Å². The summed E-state index contributed by atoms with van der Waals surface area (Å²) in [5, 5.41) is 2.40. The van der Waals surface area contributed by atoms with E-state index >= 15 is 0 Å². The van der Waals surface area contributed by atoms with Crippen molar-refractivity contribution in [1.29, 1.82) is 0 Å². The second kappa shape index (κ2) is 9.50. The lowest BCUT2D eigenvalue weighted by Gasteiger charge is -2.25. The molecule has 0 unspecified atom stereocenters. The quantitative estimate of drug-likeness (QED) is 0.699. The molecular weight excluding hydrogens is 449 g/mol. The van der Waals surface area contributed by atoms with Crippen LogP contribution in [0.3, 0.4) is 0 Å². The highest BCUT2D eigenvalue weighted by atomic mass is 19.4. The number of benzene rings is 1. The molecule has 1 aromatic carbocycles. The van der Waals surface area contributed by atoms with Gasteiger partial charge in [-0.2, -0.15) is 13.2 Å². The van der Waals surface area contributed by atoms with Crippen molar-refractivity contribution in [1.82, 2.24) is 14.8 Å². The van der Waals surface area contributed by atoms with Crippen molar-refractivity contribution >= 4 is 35.2 Å². The number of fused-ring (bicyclic) bond motifs is 1. The largest absolute Gasteiger partial charge is 0.471 e. The molecule has 0 bridgehead atoms. The molecule has 2 aliphatic rings. The van der Waals surface area contributed by atoms with Crippen LogP contribution in [0, 0.1) is 0 Å². The van der Waals surface area contributed by atoms with Crippen LogP contribution in [0.5, 0.6) is 0 Å². The Hall–Kier alpha value is -3.95. The Balaban J connectivity index is 1.45. The van der Waals surface area contributed by atoms with Gasteiger partial charge in [0.2, 0.25) is 11.8 Å². The average molecular weight is 470 g/mol. The second-order valence-corrected chi connectivity index (χ2v) is 7.95. The minimum absolute atomic E-state index is 0.0839. The van der Waals surface area contributed by atoms with E-state index in [1.54, 1.807) is 4.90 Å². The summed E-state index contributed by atoms with van der Waals surface area (Å²) in [5.41, 5.74) is 3.02. The average Bonchev–Trinajstić information content (AvgIpc) is 2.99. The van der Waals surface area contributed by atoms with Gasteiger partial charge in [0.1, 0.15) is 12.4 Å². The third-order valence-electron chi connectivity index (χ3n) is 5.55. The van der Waals surface area contributed by atoms with E-state index in [9.17, 15) is 27.6 Å². The number of rotatable bonds is 3. The number of hydrogen-bond donors (Lipinski definition) is 1. The molecule has 0 radical (unpaired) electrons. The standard InChI is InChI=1S/C24H21F3N4O3/c25-24(26,27)23(34)31-14-19-12-16(13-28-22(19)29-20(32)15-31)6-7-21(33)30-10-8-18(9-11-30)17-4-2-1-3-5-17/h1-8,12-13H,9-11,14-15H2,(H,28,29,32)/b7-6+. The fourth-order valence-electron chi connectivity index (χ4n) is 3.84. The van der Waals surface area contributed by atoms with E-state index in [1.807, 2.05) is 36.4 Å². The van der Waals surface area contributed by atoms with Crippen LogP contribution in [0.4, 0.5) is 19.0 Å². The van der Waals surface area contributed by atoms with Gasteiger partial charge in [0, 0.05) is 30.9 Å². The number of anilines is 1. The van der Waals surface area contributed by atoms with Crippen LogP contribution in [0.15, 0.2) is 54.7 Å². The number of pyridine rings is 1. The highest BCUT2D eigenvalue weighted by molar-refractivity contribution is 5.96. The molecule has 1 N–H and O–H groups in total. The smallest absolute Gasteiger partial charge is 0.335 e. The lowest BCUT2D eigenvalue weighted by Crippen LogP contribution is -2.43. The number of aromatic nitrogens is 1. The first-order chi connectivity index (χ1) is 16.2. The Morgan fingerprint density at radius 2 is 1.85 bits per heavy atom. The Morgan fingerprint density at radius 3 is 2.53 bits per heavy atom. The van der Waals surface area contributed by atoms with Gasteiger partial charge in [-0.25, -0.2) is 4.98 Å². The van der Waals surface area contributed by atoms with E-state index in [-0.39, 0.29) is 17.3 Å². The molecule has 0 spiro atoms. The Kier molecular flexibility index (Phi) is 6.49. The maximum atomic E-state index is 12.9. The fourth-order valence-corrected chi connectivity index (χ4v) is 3.84. The molecule has 176 valence electrons. The van der Waals surface area contributed by atoms with Crippen molar-refractivity contribution in [3.8, 4) is 0 Å². The molecule has 0 atom stereocenters. The van der Waals surface area contributed by atoms with E-state index in [0.29, 0.717) is 23.6 Å². The maximum absolute atomic E-state index is 12.9. The Morgan fingerprint density at radius 1 is 1.09 bits per heavy atom. The molecule has 4 rings (SSSR count). The summed E-state index contributed by atoms with van der Waals surface area (Å²) in [6, 6.07) is 11.4. The first kappa shape index (κ1) is 23.2. The number of alkyl halides is 3. The van der Waals surface area contributed by atoms with Gasteiger partial charge in [-0.15, -0.1) is 0 Å². The van der Waals surface area contributed by atoms with Gasteiger partial charge in [-0.1, -0.05) is 36.4 Å². The number of carbonyl (C=O) groups excluding carboxylic acids is 3. The summed E-state index contributed by atoms with van der Waals surface area (Å²) in [6.45, 7) is -0.136. The number of nitrogens with one attached hydrogen (secondary N) is 1. The highest BCUT2D eigenvalue weighted by Gasteiger charge is 2.43. The highest BCUT2D eigenvalue weighted by Crippen LogP contribution is 2.25. The lowest BCUT2D eigenvalue weighted by molar-refractivity contribution is -0.186. The summed E-state index contributed by atoms with van der Waals surface area (Å²) >= 11 is 0. The zero-order chi connectivity index (χ0) is 24.3. The molecule has 34 heavy (non-hydrogen) atoms. The molecule has 10 heteroatoms. The van der Waals surface area contributed by atoms with E-state index in [0.717, 1.165) is 12.0 Å². The van der Waals surface area contributed by atoms with Crippen molar-refractivity contribution in [3.05, 3.63) is 71.4 Å². The monoisotopic (exact) mass is 470 g/mol. The summed E-state index contributed by atoms with van der Waals surface area (Å²) in [6.07, 6.45) is 1.93. The van der Waals surface area contributed by atoms with Gasteiger partial charge in [0.25, 0.3) is 0 Å². The molecule has 3 amide bonds. The van der Waals surface area contributed by atoms with Crippen LogP contribution in [0.1, 0.15) is 23.1 Å².